The van der Waals surface area contributed by atoms with Gasteiger partial charge in [0.25, 0.3) is 0 Å². The summed E-state index contributed by atoms with van der Waals surface area (Å²) in [7, 11) is 0. The zero-order valence-electron chi connectivity index (χ0n) is 14.9. The topological polar surface area (TPSA) is 69.8 Å². The van der Waals surface area contributed by atoms with Crippen molar-refractivity contribution >= 4 is 6.09 Å². The molecule has 0 bridgehead atoms. The maximum absolute atomic E-state index is 14.2. The van der Waals surface area contributed by atoms with Gasteiger partial charge >= 0.3 is 6.09 Å². The van der Waals surface area contributed by atoms with Gasteiger partial charge in [0.1, 0.15) is 5.82 Å². The molecule has 0 aliphatic carbocycles. The van der Waals surface area contributed by atoms with Crippen LogP contribution in [0.2, 0.25) is 0 Å². The first kappa shape index (κ1) is 18.4. The molecule has 1 atom stereocenters. The van der Waals surface area contributed by atoms with Crippen LogP contribution in [0.1, 0.15) is 18.1 Å². The van der Waals surface area contributed by atoms with Gasteiger partial charge < -0.3 is 15.7 Å². The molecule has 3 rings (SSSR count). The van der Waals surface area contributed by atoms with Crippen molar-refractivity contribution in [3.63, 3.8) is 0 Å². The summed E-state index contributed by atoms with van der Waals surface area (Å²) in [6.45, 7) is 4.89. The van der Waals surface area contributed by atoms with Crippen molar-refractivity contribution in [3.8, 4) is 11.1 Å². The summed E-state index contributed by atoms with van der Waals surface area (Å²) < 4.78 is 14.2. The maximum Gasteiger partial charge on any atom is 0.407 e. The summed E-state index contributed by atoms with van der Waals surface area (Å²) in [5.41, 5.74) is 9.03. The second-order valence-corrected chi connectivity index (χ2v) is 6.78. The van der Waals surface area contributed by atoms with Gasteiger partial charge in [0, 0.05) is 44.3 Å². The fraction of sp³-hybridized carbons (Fsp3) is 0.350. The van der Waals surface area contributed by atoms with E-state index in [4.69, 9.17) is 5.73 Å². The monoisotopic (exact) mass is 357 g/mol. The second kappa shape index (κ2) is 7.85. The molecule has 1 fully saturated rings. The number of hydrogen-bond acceptors (Lipinski definition) is 3. The van der Waals surface area contributed by atoms with E-state index in [1.54, 1.807) is 12.1 Å². The third-order valence-electron chi connectivity index (χ3n) is 4.87. The third-order valence-corrected chi connectivity index (χ3v) is 4.87. The van der Waals surface area contributed by atoms with Gasteiger partial charge in [-0.3, -0.25) is 4.90 Å². The number of benzene rings is 2. The Kier molecular flexibility index (Phi) is 5.54. The van der Waals surface area contributed by atoms with Crippen LogP contribution in [0.4, 0.5) is 9.18 Å². The van der Waals surface area contributed by atoms with Gasteiger partial charge in [0.05, 0.1) is 0 Å². The number of carbonyl (C=O) groups is 1. The minimum Gasteiger partial charge on any atom is -0.465 e. The Bertz CT molecular complexity index is 796. The van der Waals surface area contributed by atoms with Crippen molar-refractivity contribution in [2.75, 3.05) is 19.6 Å². The normalized spacial score (nSPS) is 18.1. The number of nitrogens with two attached hydrogens (primary N) is 1. The number of halogens is 1. The van der Waals surface area contributed by atoms with Crippen molar-refractivity contribution in [1.29, 1.82) is 0 Å². The lowest BCUT2D eigenvalue weighted by Crippen LogP contribution is -2.53. The Morgan fingerprint density at radius 2 is 2.04 bits per heavy atom. The van der Waals surface area contributed by atoms with Gasteiger partial charge in [-0.1, -0.05) is 24.3 Å². The molecule has 1 aliphatic rings. The van der Waals surface area contributed by atoms with Gasteiger partial charge in [-0.2, -0.15) is 0 Å². The Balaban J connectivity index is 1.75. The lowest BCUT2D eigenvalue weighted by molar-refractivity contribution is 0.0711. The molecular formula is C20H24FN3O2. The summed E-state index contributed by atoms with van der Waals surface area (Å²) >= 11 is 0. The molecule has 6 heteroatoms. The molecule has 138 valence electrons. The molecule has 1 amide bonds. The summed E-state index contributed by atoms with van der Waals surface area (Å²) in [6, 6.07) is 12.7. The first-order chi connectivity index (χ1) is 12.5. The molecule has 2 aromatic carbocycles. The highest BCUT2D eigenvalue weighted by Crippen LogP contribution is 2.25. The van der Waals surface area contributed by atoms with E-state index in [2.05, 4.69) is 4.90 Å². The first-order valence-corrected chi connectivity index (χ1v) is 8.77. The molecule has 3 N–H and O–H groups in total. The fourth-order valence-electron chi connectivity index (χ4n) is 3.48. The number of piperazine rings is 1. The minimum absolute atomic E-state index is 0.0388. The standard InChI is InChI=1S/C20H24FN3O2/c1-14-12-23(7-8-24(14)20(25)26)13-16-3-2-4-17(9-16)18-10-15(11-22)5-6-19(18)21/h2-6,9-10,14H,7-8,11-13,22H2,1H3,(H,25,26)/t14-/m0/s1. The number of amides is 1. The SMILES string of the molecule is C[C@H]1CN(Cc2cccc(-c3cc(CN)ccc3F)c2)CCN1C(=O)O. The average Bonchev–Trinajstić information content (AvgIpc) is 2.62. The summed E-state index contributed by atoms with van der Waals surface area (Å²) in [5, 5.41) is 9.18. The first-order valence-electron chi connectivity index (χ1n) is 8.77. The Morgan fingerprint density at radius 1 is 1.23 bits per heavy atom. The van der Waals surface area contributed by atoms with Crippen LogP contribution in [-0.2, 0) is 13.1 Å². The van der Waals surface area contributed by atoms with Crippen molar-refractivity contribution in [2.24, 2.45) is 5.73 Å². The van der Waals surface area contributed by atoms with Gasteiger partial charge in [0.15, 0.2) is 0 Å². The van der Waals surface area contributed by atoms with E-state index in [-0.39, 0.29) is 11.9 Å². The molecule has 1 aliphatic heterocycles. The molecule has 1 heterocycles. The van der Waals surface area contributed by atoms with Crippen molar-refractivity contribution in [1.82, 2.24) is 9.80 Å². The molecule has 0 spiro atoms. The van der Waals surface area contributed by atoms with E-state index in [0.29, 0.717) is 38.3 Å². The zero-order chi connectivity index (χ0) is 18.7. The Labute approximate surface area is 152 Å². The average molecular weight is 357 g/mol. The highest BCUT2D eigenvalue weighted by Gasteiger charge is 2.26. The zero-order valence-corrected chi connectivity index (χ0v) is 14.9. The number of hydrogen-bond donors (Lipinski definition) is 2. The molecule has 1 saturated heterocycles. The van der Waals surface area contributed by atoms with Crippen molar-refractivity contribution < 1.29 is 14.3 Å². The van der Waals surface area contributed by atoms with Gasteiger partial charge in [-0.15, -0.1) is 0 Å². The van der Waals surface area contributed by atoms with Crippen molar-refractivity contribution in [2.45, 2.75) is 26.1 Å². The predicted octanol–water partition coefficient (Wildman–Crippen LogP) is 3.14. The number of carboxylic acid groups (broad SMARTS) is 1. The van der Waals surface area contributed by atoms with E-state index >= 15 is 0 Å². The molecule has 0 unspecified atom stereocenters. The third kappa shape index (κ3) is 4.03. The van der Waals surface area contributed by atoms with Crippen LogP contribution in [0.5, 0.6) is 0 Å². The molecule has 0 saturated carbocycles. The number of nitrogens with zero attached hydrogens (tertiary/aromatic N) is 2. The van der Waals surface area contributed by atoms with Crippen LogP contribution >= 0.6 is 0 Å². The van der Waals surface area contributed by atoms with Crippen LogP contribution < -0.4 is 5.73 Å². The quantitative estimate of drug-likeness (QED) is 0.882. The highest BCUT2D eigenvalue weighted by molar-refractivity contribution is 5.66. The van der Waals surface area contributed by atoms with E-state index in [0.717, 1.165) is 16.7 Å². The Hall–Kier alpha value is -2.44. The lowest BCUT2D eigenvalue weighted by atomic mass is 10.00. The van der Waals surface area contributed by atoms with E-state index < -0.39 is 6.09 Å². The number of rotatable bonds is 4. The fourth-order valence-corrected chi connectivity index (χ4v) is 3.48. The summed E-state index contributed by atoms with van der Waals surface area (Å²) in [5.74, 6) is -0.261. The van der Waals surface area contributed by atoms with Crippen LogP contribution in [0.15, 0.2) is 42.5 Å². The van der Waals surface area contributed by atoms with Gasteiger partial charge in [-0.05, 0) is 41.8 Å². The van der Waals surface area contributed by atoms with E-state index in [1.807, 2.05) is 31.2 Å². The molecule has 5 nitrogen and oxygen atoms in total. The summed E-state index contributed by atoms with van der Waals surface area (Å²) in [6.07, 6.45) is -0.866. The van der Waals surface area contributed by atoms with Crippen LogP contribution in [0.3, 0.4) is 0 Å². The minimum atomic E-state index is -0.866. The summed E-state index contributed by atoms with van der Waals surface area (Å²) in [4.78, 5) is 14.9. The molecular weight excluding hydrogens is 333 g/mol. The van der Waals surface area contributed by atoms with Crippen LogP contribution in [0, 0.1) is 5.82 Å². The Morgan fingerprint density at radius 3 is 2.73 bits per heavy atom. The van der Waals surface area contributed by atoms with E-state index in [1.165, 1.54) is 11.0 Å². The molecule has 26 heavy (non-hydrogen) atoms. The smallest absolute Gasteiger partial charge is 0.407 e. The highest BCUT2D eigenvalue weighted by atomic mass is 19.1. The molecule has 2 aromatic rings. The van der Waals surface area contributed by atoms with Crippen LogP contribution in [-0.4, -0.2) is 46.7 Å². The molecule has 0 aromatic heterocycles. The van der Waals surface area contributed by atoms with Crippen molar-refractivity contribution in [3.05, 3.63) is 59.4 Å². The van der Waals surface area contributed by atoms with E-state index in [9.17, 15) is 14.3 Å². The van der Waals surface area contributed by atoms with Crippen LogP contribution in [0.25, 0.3) is 11.1 Å². The molecule has 0 radical (unpaired) electrons. The second-order valence-electron chi connectivity index (χ2n) is 6.78. The maximum atomic E-state index is 14.2. The van der Waals surface area contributed by atoms with Gasteiger partial charge in [-0.25, -0.2) is 9.18 Å². The lowest BCUT2D eigenvalue weighted by Gasteiger charge is -2.38. The largest absolute Gasteiger partial charge is 0.465 e. The van der Waals surface area contributed by atoms with Gasteiger partial charge in [0.2, 0.25) is 0 Å². The predicted molar refractivity (Wildman–Crippen MR) is 99.2 cm³/mol.